The van der Waals surface area contributed by atoms with Crippen LogP contribution in [-0.2, 0) is 4.79 Å². The lowest BCUT2D eigenvalue weighted by molar-refractivity contribution is -0.121. The fourth-order valence-corrected chi connectivity index (χ4v) is 4.08. The van der Waals surface area contributed by atoms with Crippen molar-refractivity contribution < 1.29 is 19.1 Å². The molecule has 2 aliphatic rings. The van der Waals surface area contributed by atoms with Gasteiger partial charge in [-0.25, -0.2) is 0 Å². The summed E-state index contributed by atoms with van der Waals surface area (Å²) in [6, 6.07) is 11.6. The van der Waals surface area contributed by atoms with Gasteiger partial charge in [-0.05, 0) is 36.8 Å². The molecule has 2 fully saturated rings. The predicted octanol–water partition coefficient (Wildman–Crippen LogP) is 2.99. The zero-order valence-electron chi connectivity index (χ0n) is 15.0. The first-order chi connectivity index (χ1) is 13.0. The number of likely N-dealkylation sites (tertiary alicyclic amines) is 1. The van der Waals surface area contributed by atoms with Crippen LogP contribution >= 0.6 is 11.6 Å². The van der Waals surface area contributed by atoms with E-state index in [9.17, 15) is 9.59 Å². The van der Waals surface area contributed by atoms with Gasteiger partial charge in [0.1, 0.15) is 17.5 Å². The minimum atomic E-state index is -0.475. The van der Waals surface area contributed by atoms with Gasteiger partial charge in [0, 0.05) is 23.2 Å². The molecule has 2 bridgehead atoms. The molecule has 0 saturated carbocycles. The molecule has 140 valence electrons. The van der Waals surface area contributed by atoms with Crippen LogP contribution in [0.1, 0.15) is 16.8 Å². The summed E-state index contributed by atoms with van der Waals surface area (Å²) in [6.45, 7) is 0.474. The lowest BCUT2D eigenvalue weighted by Crippen LogP contribution is -2.52. The highest BCUT2D eigenvalue weighted by molar-refractivity contribution is 6.31. The average Bonchev–Trinajstić information content (AvgIpc) is 3.25. The zero-order chi connectivity index (χ0) is 19.1. The smallest absolute Gasteiger partial charge is 0.254 e. The fraction of sp³-hybridized carbons (Fsp3) is 0.300. The van der Waals surface area contributed by atoms with Crippen LogP contribution in [-0.4, -0.2) is 49.6 Å². The monoisotopic (exact) mass is 386 g/mol. The molecule has 2 aromatic rings. The molecular formula is C20H19ClN2O4. The summed E-state index contributed by atoms with van der Waals surface area (Å²) < 4.78 is 10.7. The quantitative estimate of drug-likeness (QED) is 0.810. The van der Waals surface area contributed by atoms with Crippen molar-refractivity contribution in [2.45, 2.75) is 18.5 Å². The number of nitrogens with zero attached hydrogens (tertiary/aromatic N) is 2. The maximum absolute atomic E-state index is 13.1. The highest BCUT2D eigenvalue weighted by Gasteiger charge is 2.52. The summed E-state index contributed by atoms with van der Waals surface area (Å²) in [5, 5.41) is 0.499. The van der Waals surface area contributed by atoms with Crippen LogP contribution in [0, 0.1) is 0 Å². The number of fused-ring (bicyclic) bond motifs is 2. The molecule has 2 saturated heterocycles. The third kappa shape index (κ3) is 2.90. The number of piperazine rings is 1. The molecule has 6 nitrogen and oxygen atoms in total. The van der Waals surface area contributed by atoms with E-state index in [1.807, 2.05) is 0 Å². The van der Waals surface area contributed by atoms with E-state index in [1.165, 1.54) is 0 Å². The van der Waals surface area contributed by atoms with Crippen molar-refractivity contribution in [3.05, 3.63) is 53.1 Å². The number of rotatable bonds is 4. The van der Waals surface area contributed by atoms with Gasteiger partial charge in [0.05, 0.1) is 25.9 Å². The van der Waals surface area contributed by atoms with Crippen molar-refractivity contribution >= 4 is 29.1 Å². The normalized spacial score (nSPS) is 20.9. The summed E-state index contributed by atoms with van der Waals surface area (Å²) in [7, 11) is 3.15. The Kier molecular flexibility index (Phi) is 4.44. The molecule has 2 amide bonds. The van der Waals surface area contributed by atoms with Gasteiger partial charge in [-0.15, -0.1) is 0 Å². The number of anilines is 1. The molecule has 2 aromatic carbocycles. The van der Waals surface area contributed by atoms with Crippen molar-refractivity contribution in [3.63, 3.8) is 0 Å². The lowest BCUT2D eigenvalue weighted by Gasteiger charge is -2.34. The van der Waals surface area contributed by atoms with Gasteiger partial charge in [-0.1, -0.05) is 17.7 Å². The van der Waals surface area contributed by atoms with Crippen molar-refractivity contribution in [2.24, 2.45) is 0 Å². The molecule has 4 rings (SSSR count). The van der Waals surface area contributed by atoms with Crippen molar-refractivity contribution in [2.75, 3.05) is 25.7 Å². The van der Waals surface area contributed by atoms with Gasteiger partial charge in [-0.2, -0.15) is 0 Å². The lowest BCUT2D eigenvalue weighted by atomic mass is 10.1. The van der Waals surface area contributed by atoms with E-state index >= 15 is 0 Å². The summed E-state index contributed by atoms with van der Waals surface area (Å²) in [6.07, 6.45) is 0.603. The van der Waals surface area contributed by atoms with Gasteiger partial charge in [0.2, 0.25) is 5.91 Å². The Balaban J connectivity index is 1.61. The van der Waals surface area contributed by atoms with Crippen LogP contribution < -0.4 is 14.4 Å². The number of benzene rings is 2. The van der Waals surface area contributed by atoms with Gasteiger partial charge in [-0.3, -0.25) is 9.59 Å². The second-order valence-electron chi connectivity index (χ2n) is 6.62. The van der Waals surface area contributed by atoms with E-state index in [0.29, 0.717) is 40.7 Å². The second-order valence-corrected chi connectivity index (χ2v) is 7.06. The van der Waals surface area contributed by atoms with Crippen LogP contribution in [0.2, 0.25) is 5.02 Å². The maximum Gasteiger partial charge on any atom is 0.254 e. The molecule has 0 unspecified atom stereocenters. The molecule has 0 spiro atoms. The number of ether oxygens (including phenoxy) is 2. The Morgan fingerprint density at radius 2 is 1.96 bits per heavy atom. The van der Waals surface area contributed by atoms with E-state index in [1.54, 1.807) is 66.5 Å². The van der Waals surface area contributed by atoms with Gasteiger partial charge < -0.3 is 19.3 Å². The third-order valence-corrected chi connectivity index (χ3v) is 5.38. The molecule has 2 aliphatic heterocycles. The minimum absolute atomic E-state index is 0.0911. The van der Waals surface area contributed by atoms with E-state index in [4.69, 9.17) is 21.1 Å². The molecule has 0 aliphatic carbocycles. The molecule has 0 N–H and O–H groups in total. The van der Waals surface area contributed by atoms with Crippen LogP contribution in [0.4, 0.5) is 5.69 Å². The highest BCUT2D eigenvalue weighted by atomic mass is 35.5. The van der Waals surface area contributed by atoms with Crippen LogP contribution in [0.3, 0.4) is 0 Å². The third-order valence-electron chi connectivity index (χ3n) is 5.14. The standard InChI is InChI=1S/C20H19ClN2O4/c1-26-15-6-7-18(27-2)16(10-15)23-14-9-17(20(23)25)22(11-14)19(24)12-4-3-5-13(21)8-12/h3-8,10,14,17H,9,11H2,1-2H3/t14-,17-/m0/s1. The number of amides is 2. The number of hydrogen-bond acceptors (Lipinski definition) is 4. The highest BCUT2D eigenvalue weighted by Crippen LogP contribution is 2.41. The first-order valence-corrected chi connectivity index (χ1v) is 9.03. The summed E-state index contributed by atoms with van der Waals surface area (Å²) in [4.78, 5) is 29.3. The van der Waals surface area contributed by atoms with Crippen molar-refractivity contribution in [3.8, 4) is 11.5 Å². The van der Waals surface area contributed by atoms with E-state index < -0.39 is 6.04 Å². The van der Waals surface area contributed by atoms with Gasteiger partial charge in [0.25, 0.3) is 5.91 Å². The number of methoxy groups -OCH3 is 2. The molecule has 27 heavy (non-hydrogen) atoms. The zero-order valence-corrected chi connectivity index (χ0v) is 15.8. The number of hydrogen-bond donors (Lipinski definition) is 0. The number of halogens is 1. The van der Waals surface area contributed by atoms with Gasteiger partial charge >= 0.3 is 0 Å². The Hall–Kier alpha value is -2.73. The van der Waals surface area contributed by atoms with Crippen molar-refractivity contribution in [1.82, 2.24) is 4.90 Å². The van der Waals surface area contributed by atoms with Crippen LogP contribution in [0.5, 0.6) is 11.5 Å². The van der Waals surface area contributed by atoms with Crippen LogP contribution in [0.15, 0.2) is 42.5 Å². The molecular weight excluding hydrogens is 368 g/mol. The summed E-state index contributed by atoms with van der Waals surface area (Å²) >= 11 is 6.00. The fourth-order valence-electron chi connectivity index (χ4n) is 3.89. The molecule has 7 heteroatoms. The summed E-state index contributed by atoms with van der Waals surface area (Å²) in [5.74, 6) is 0.974. The molecule has 0 aromatic heterocycles. The molecule has 0 radical (unpaired) electrons. The summed E-state index contributed by atoms with van der Waals surface area (Å²) in [5.41, 5.74) is 1.16. The second kappa shape index (κ2) is 6.78. The van der Waals surface area contributed by atoms with Crippen LogP contribution in [0.25, 0.3) is 0 Å². The predicted molar refractivity (Wildman–Crippen MR) is 102 cm³/mol. The minimum Gasteiger partial charge on any atom is -0.497 e. The van der Waals surface area contributed by atoms with E-state index in [2.05, 4.69) is 0 Å². The van der Waals surface area contributed by atoms with Gasteiger partial charge in [0.15, 0.2) is 0 Å². The number of carbonyl (C=O) groups is 2. The van der Waals surface area contributed by atoms with E-state index in [-0.39, 0.29) is 17.9 Å². The van der Waals surface area contributed by atoms with E-state index in [0.717, 1.165) is 0 Å². The Bertz CT molecular complexity index is 917. The van der Waals surface area contributed by atoms with Crippen molar-refractivity contribution in [1.29, 1.82) is 0 Å². The Labute approximate surface area is 162 Å². The first-order valence-electron chi connectivity index (χ1n) is 8.65. The topological polar surface area (TPSA) is 59.1 Å². The Morgan fingerprint density at radius 1 is 1.15 bits per heavy atom. The SMILES string of the molecule is COc1ccc(OC)c(N2C(=O)[C@@H]3C[C@H]2CN3C(=O)c2cccc(Cl)c2)c1. The largest absolute Gasteiger partial charge is 0.497 e. The molecule has 2 atom stereocenters. The Morgan fingerprint density at radius 3 is 2.63 bits per heavy atom. The number of carbonyl (C=O) groups excluding carboxylic acids is 2. The maximum atomic E-state index is 13.1. The average molecular weight is 387 g/mol. The first kappa shape index (κ1) is 17.7. The molecule has 2 heterocycles.